The maximum absolute atomic E-state index is 9.17. The van der Waals surface area contributed by atoms with E-state index in [2.05, 4.69) is 10.5 Å². The summed E-state index contributed by atoms with van der Waals surface area (Å²) in [6.45, 7) is 0.640. The van der Waals surface area contributed by atoms with Crippen molar-refractivity contribution >= 4 is 10.9 Å². The number of aromatic hydroxyl groups is 1. The SMILES string of the molecule is CNCc1onc2cc(O)ccc12. The quantitative estimate of drug-likeness (QED) is 0.726. The third kappa shape index (κ3) is 1.36. The zero-order valence-electron chi connectivity index (χ0n) is 7.24. The van der Waals surface area contributed by atoms with Crippen LogP contribution in [0.4, 0.5) is 0 Å². The smallest absolute Gasteiger partial charge is 0.158 e. The van der Waals surface area contributed by atoms with E-state index in [1.165, 1.54) is 0 Å². The summed E-state index contributed by atoms with van der Waals surface area (Å²) in [6, 6.07) is 5.00. The number of nitrogens with zero attached hydrogens (tertiary/aromatic N) is 1. The maximum atomic E-state index is 9.17. The number of fused-ring (bicyclic) bond motifs is 1. The molecule has 2 N–H and O–H groups in total. The molecule has 0 aliphatic rings. The number of nitrogens with one attached hydrogen (secondary N) is 1. The molecule has 0 bridgehead atoms. The van der Waals surface area contributed by atoms with Crippen LogP contribution in [0.5, 0.6) is 5.75 Å². The molecule has 4 heteroatoms. The molecule has 0 spiro atoms. The van der Waals surface area contributed by atoms with E-state index in [0.717, 1.165) is 11.1 Å². The topological polar surface area (TPSA) is 58.3 Å². The zero-order valence-corrected chi connectivity index (χ0v) is 7.24. The van der Waals surface area contributed by atoms with Gasteiger partial charge in [-0.3, -0.25) is 0 Å². The molecular weight excluding hydrogens is 168 g/mol. The number of benzene rings is 1. The van der Waals surface area contributed by atoms with Crippen LogP contribution in [-0.4, -0.2) is 17.3 Å². The summed E-state index contributed by atoms with van der Waals surface area (Å²) in [5, 5.41) is 16.9. The first-order valence-corrected chi connectivity index (χ1v) is 4.03. The van der Waals surface area contributed by atoms with Crippen LogP contribution in [0, 0.1) is 0 Å². The van der Waals surface area contributed by atoms with Gasteiger partial charge >= 0.3 is 0 Å². The lowest BCUT2D eigenvalue weighted by Crippen LogP contribution is -2.03. The molecule has 0 amide bonds. The highest BCUT2D eigenvalue weighted by Gasteiger charge is 2.06. The molecule has 0 fully saturated rings. The summed E-state index contributed by atoms with van der Waals surface area (Å²) in [5.74, 6) is 0.995. The molecule has 13 heavy (non-hydrogen) atoms. The fourth-order valence-electron chi connectivity index (χ4n) is 1.27. The van der Waals surface area contributed by atoms with Gasteiger partial charge in [0.1, 0.15) is 11.3 Å². The van der Waals surface area contributed by atoms with Gasteiger partial charge in [0, 0.05) is 11.5 Å². The minimum absolute atomic E-state index is 0.205. The summed E-state index contributed by atoms with van der Waals surface area (Å²) in [6.07, 6.45) is 0. The minimum atomic E-state index is 0.205. The van der Waals surface area contributed by atoms with Crippen molar-refractivity contribution < 1.29 is 9.63 Å². The lowest BCUT2D eigenvalue weighted by Gasteiger charge is -1.93. The van der Waals surface area contributed by atoms with E-state index in [1.807, 2.05) is 7.05 Å². The Balaban J connectivity index is 2.55. The summed E-state index contributed by atoms with van der Waals surface area (Å²) < 4.78 is 5.09. The number of phenols is 1. The second kappa shape index (κ2) is 3.06. The van der Waals surface area contributed by atoms with Gasteiger partial charge in [0.25, 0.3) is 0 Å². The van der Waals surface area contributed by atoms with Crippen LogP contribution in [0.25, 0.3) is 10.9 Å². The normalized spacial score (nSPS) is 10.8. The molecule has 0 saturated heterocycles. The molecule has 2 rings (SSSR count). The highest BCUT2D eigenvalue weighted by molar-refractivity contribution is 5.81. The number of phenolic OH excluding ortho intramolecular Hbond substituents is 1. The summed E-state index contributed by atoms with van der Waals surface area (Å²) in [4.78, 5) is 0. The van der Waals surface area contributed by atoms with E-state index in [1.54, 1.807) is 18.2 Å². The van der Waals surface area contributed by atoms with Gasteiger partial charge < -0.3 is 14.9 Å². The van der Waals surface area contributed by atoms with E-state index in [-0.39, 0.29) is 5.75 Å². The van der Waals surface area contributed by atoms with E-state index >= 15 is 0 Å². The van der Waals surface area contributed by atoms with Gasteiger partial charge in [0.2, 0.25) is 0 Å². The second-order valence-electron chi connectivity index (χ2n) is 2.84. The highest BCUT2D eigenvalue weighted by atomic mass is 16.5. The van der Waals surface area contributed by atoms with Crippen molar-refractivity contribution in [2.24, 2.45) is 0 Å². The molecule has 0 aliphatic carbocycles. The number of hydrogen-bond acceptors (Lipinski definition) is 4. The van der Waals surface area contributed by atoms with E-state index in [0.29, 0.717) is 12.1 Å². The first-order chi connectivity index (χ1) is 6.31. The summed E-state index contributed by atoms with van der Waals surface area (Å²) in [5.41, 5.74) is 0.685. The molecule has 0 atom stereocenters. The van der Waals surface area contributed by atoms with Crippen LogP contribution < -0.4 is 5.32 Å². The van der Waals surface area contributed by atoms with Crippen molar-refractivity contribution in [3.05, 3.63) is 24.0 Å². The standard InChI is InChI=1S/C9H10N2O2/c1-10-5-9-7-3-2-6(12)4-8(7)11-13-9/h2-4,10,12H,5H2,1H3. The van der Waals surface area contributed by atoms with Crippen molar-refractivity contribution in [2.75, 3.05) is 7.05 Å². The predicted molar refractivity (Wildman–Crippen MR) is 48.4 cm³/mol. The van der Waals surface area contributed by atoms with Gasteiger partial charge in [-0.1, -0.05) is 5.16 Å². The summed E-state index contributed by atoms with van der Waals surface area (Å²) in [7, 11) is 1.84. The Kier molecular flexibility index (Phi) is 1.90. The Labute approximate surface area is 75.2 Å². The fourth-order valence-corrected chi connectivity index (χ4v) is 1.27. The number of hydrogen-bond donors (Lipinski definition) is 2. The third-order valence-electron chi connectivity index (χ3n) is 1.87. The van der Waals surface area contributed by atoms with Crippen molar-refractivity contribution in [1.29, 1.82) is 0 Å². The Morgan fingerprint density at radius 3 is 3.15 bits per heavy atom. The van der Waals surface area contributed by atoms with Crippen molar-refractivity contribution in [1.82, 2.24) is 10.5 Å². The molecule has 68 valence electrons. The fraction of sp³-hybridized carbons (Fsp3) is 0.222. The minimum Gasteiger partial charge on any atom is -0.508 e. The van der Waals surface area contributed by atoms with E-state index in [9.17, 15) is 5.11 Å². The van der Waals surface area contributed by atoms with Crippen LogP contribution in [0.1, 0.15) is 5.76 Å². The molecule has 0 radical (unpaired) electrons. The Morgan fingerprint density at radius 2 is 2.38 bits per heavy atom. The predicted octanol–water partition coefficient (Wildman–Crippen LogP) is 1.25. The first kappa shape index (κ1) is 8.07. The van der Waals surface area contributed by atoms with Crippen molar-refractivity contribution in [2.45, 2.75) is 6.54 Å². The number of aromatic nitrogens is 1. The molecule has 0 saturated carbocycles. The Bertz CT molecular complexity index is 422. The molecule has 1 heterocycles. The average molecular weight is 178 g/mol. The molecule has 4 nitrogen and oxygen atoms in total. The average Bonchev–Trinajstić information content (AvgIpc) is 2.49. The first-order valence-electron chi connectivity index (χ1n) is 4.03. The second-order valence-corrected chi connectivity index (χ2v) is 2.84. The maximum Gasteiger partial charge on any atom is 0.158 e. The third-order valence-corrected chi connectivity index (χ3v) is 1.87. The molecule has 1 aromatic carbocycles. The van der Waals surface area contributed by atoms with Gasteiger partial charge in [0.05, 0.1) is 6.54 Å². The Morgan fingerprint density at radius 1 is 1.54 bits per heavy atom. The largest absolute Gasteiger partial charge is 0.508 e. The lowest BCUT2D eigenvalue weighted by atomic mass is 10.2. The Hall–Kier alpha value is -1.55. The molecular formula is C9H10N2O2. The molecule has 2 aromatic rings. The zero-order chi connectivity index (χ0) is 9.26. The number of rotatable bonds is 2. The van der Waals surface area contributed by atoms with Crippen LogP contribution >= 0.6 is 0 Å². The van der Waals surface area contributed by atoms with Gasteiger partial charge in [-0.25, -0.2) is 0 Å². The van der Waals surface area contributed by atoms with E-state index in [4.69, 9.17) is 4.52 Å². The van der Waals surface area contributed by atoms with Gasteiger partial charge in [-0.15, -0.1) is 0 Å². The molecule has 1 aromatic heterocycles. The lowest BCUT2D eigenvalue weighted by molar-refractivity contribution is 0.384. The van der Waals surface area contributed by atoms with Gasteiger partial charge in [-0.2, -0.15) is 0 Å². The van der Waals surface area contributed by atoms with Crippen molar-refractivity contribution in [3.63, 3.8) is 0 Å². The molecule has 0 unspecified atom stereocenters. The van der Waals surface area contributed by atoms with Crippen molar-refractivity contribution in [3.8, 4) is 5.75 Å². The molecule has 0 aliphatic heterocycles. The highest BCUT2D eigenvalue weighted by Crippen LogP contribution is 2.22. The van der Waals surface area contributed by atoms with Crippen LogP contribution in [0.3, 0.4) is 0 Å². The van der Waals surface area contributed by atoms with Crippen LogP contribution in [-0.2, 0) is 6.54 Å². The van der Waals surface area contributed by atoms with Crippen LogP contribution in [0.15, 0.2) is 22.7 Å². The van der Waals surface area contributed by atoms with Gasteiger partial charge in [-0.05, 0) is 19.2 Å². The van der Waals surface area contributed by atoms with Crippen LogP contribution in [0.2, 0.25) is 0 Å². The monoisotopic (exact) mass is 178 g/mol. The van der Waals surface area contributed by atoms with E-state index < -0.39 is 0 Å². The summed E-state index contributed by atoms with van der Waals surface area (Å²) >= 11 is 0. The van der Waals surface area contributed by atoms with Gasteiger partial charge in [0.15, 0.2) is 5.76 Å².